The average molecular weight is 179 g/mol. The van der Waals surface area contributed by atoms with Crippen LogP contribution in [-0.4, -0.2) is 16.3 Å². The lowest BCUT2D eigenvalue weighted by Gasteiger charge is -2.05. The van der Waals surface area contributed by atoms with Crippen molar-refractivity contribution in [2.24, 2.45) is 0 Å². The molecule has 0 aliphatic carbocycles. The molecule has 0 rings (SSSR count). The average Bonchev–Trinajstić information content (AvgIpc) is 1.31. The zero-order valence-corrected chi connectivity index (χ0v) is 4.62. The molecule has 0 amide bonds. The number of halogens is 4. The second-order valence-corrected chi connectivity index (χ2v) is 1.69. The highest BCUT2D eigenvalue weighted by molar-refractivity contribution is 9.09. The molecular formula is C2H2BrF3O. The van der Waals surface area contributed by atoms with Crippen LogP contribution in [0.3, 0.4) is 0 Å². The van der Waals surface area contributed by atoms with E-state index in [9.17, 15) is 13.2 Å². The maximum absolute atomic E-state index is 11.1. The van der Waals surface area contributed by atoms with Crippen molar-refractivity contribution in [3.8, 4) is 0 Å². The molecule has 0 saturated heterocycles. The van der Waals surface area contributed by atoms with Gasteiger partial charge in [-0.3, -0.25) is 0 Å². The molecule has 1 nitrogen and oxygen atoms in total. The van der Waals surface area contributed by atoms with Gasteiger partial charge in [-0.1, -0.05) is 0 Å². The smallest absolute Gasteiger partial charge is 0.333 e. The van der Waals surface area contributed by atoms with E-state index in [-0.39, 0.29) is 0 Å². The monoisotopic (exact) mass is 178 g/mol. The lowest BCUT2D eigenvalue weighted by atomic mass is 10.7. The summed E-state index contributed by atoms with van der Waals surface area (Å²) in [5.41, 5.74) is 0. The summed E-state index contributed by atoms with van der Waals surface area (Å²) in [5.74, 6) is 0. The molecule has 0 saturated carbocycles. The molecule has 0 aromatic carbocycles. The Labute approximate surface area is 46.3 Å². The van der Waals surface area contributed by atoms with Gasteiger partial charge in [0, 0.05) is 0 Å². The Morgan fingerprint density at radius 1 is 1.57 bits per heavy atom. The van der Waals surface area contributed by atoms with Crippen LogP contribution < -0.4 is 0 Å². The van der Waals surface area contributed by atoms with Crippen LogP contribution in [0.15, 0.2) is 0 Å². The largest absolute Gasteiger partial charge is 0.394 e. The quantitative estimate of drug-likeness (QED) is 0.600. The summed E-state index contributed by atoms with van der Waals surface area (Å²) in [6, 6.07) is 0. The third-order valence-electron chi connectivity index (χ3n) is 0.263. The third-order valence-corrected chi connectivity index (χ3v) is 0.813. The van der Waals surface area contributed by atoms with Crippen molar-refractivity contribution in [3.63, 3.8) is 0 Å². The van der Waals surface area contributed by atoms with E-state index in [1.54, 1.807) is 0 Å². The summed E-state index contributed by atoms with van der Waals surface area (Å²) >= 11 is 1.83. The van der Waals surface area contributed by atoms with Gasteiger partial charge in [0.15, 0.2) is 0 Å². The molecule has 0 aliphatic rings. The fourth-order valence-electron chi connectivity index (χ4n) is 0. The highest BCUT2D eigenvalue weighted by atomic mass is 79.9. The van der Waals surface area contributed by atoms with Crippen molar-refractivity contribution in [3.05, 3.63) is 0 Å². The first-order chi connectivity index (χ1) is 2.94. The van der Waals surface area contributed by atoms with Crippen LogP contribution in [0, 0.1) is 0 Å². The maximum Gasteiger partial charge on any atom is 0.394 e. The van der Waals surface area contributed by atoms with Crippen molar-refractivity contribution in [2.45, 2.75) is 11.2 Å². The van der Waals surface area contributed by atoms with Gasteiger partial charge in [-0.15, -0.1) is 0 Å². The van der Waals surface area contributed by atoms with E-state index in [0.717, 1.165) is 0 Å². The molecule has 0 aliphatic heterocycles. The lowest BCUT2D eigenvalue weighted by molar-refractivity contribution is -0.216. The van der Waals surface area contributed by atoms with Crippen molar-refractivity contribution in [1.29, 1.82) is 0 Å². The number of rotatable bonds is 1. The Kier molecular flexibility index (Phi) is 2.07. The predicted molar refractivity (Wildman–Crippen MR) is 21.0 cm³/mol. The van der Waals surface area contributed by atoms with Gasteiger partial charge < -0.3 is 5.11 Å². The Bertz CT molecular complexity index is 58.4. The fourth-order valence-corrected chi connectivity index (χ4v) is 0. The Hall–Kier alpha value is 0.230. The van der Waals surface area contributed by atoms with Crippen LogP contribution >= 0.6 is 15.9 Å². The van der Waals surface area contributed by atoms with Gasteiger partial charge in [0.05, 0.1) is 0 Å². The SMILES string of the molecule is OC(F)(F)C(F)Br. The summed E-state index contributed by atoms with van der Waals surface area (Å²) in [6.45, 7) is 0. The molecule has 0 spiro atoms. The summed E-state index contributed by atoms with van der Waals surface area (Å²) in [5, 5.41) is 4.67. The van der Waals surface area contributed by atoms with Gasteiger partial charge in [-0.05, 0) is 15.9 Å². The van der Waals surface area contributed by atoms with Crippen LogP contribution in [0.25, 0.3) is 0 Å². The van der Waals surface area contributed by atoms with E-state index in [0.29, 0.717) is 0 Å². The van der Waals surface area contributed by atoms with Gasteiger partial charge in [0.2, 0.25) is 5.08 Å². The molecular weight excluding hydrogens is 177 g/mol. The predicted octanol–water partition coefficient (Wildman–Crippen LogP) is 1.26. The minimum absolute atomic E-state index is 1.83. The molecule has 5 heteroatoms. The first kappa shape index (κ1) is 7.23. The van der Waals surface area contributed by atoms with Crippen LogP contribution in [0.1, 0.15) is 0 Å². The molecule has 0 radical (unpaired) electrons. The summed E-state index contributed by atoms with van der Waals surface area (Å²) in [7, 11) is 0. The van der Waals surface area contributed by atoms with Crippen molar-refractivity contribution in [1.82, 2.24) is 0 Å². The summed E-state index contributed by atoms with van der Waals surface area (Å²) < 4.78 is 33.1. The van der Waals surface area contributed by atoms with Gasteiger partial charge in [0.25, 0.3) is 0 Å². The molecule has 0 heterocycles. The molecule has 44 valence electrons. The Morgan fingerprint density at radius 3 is 1.71 bits per heavy atom. The molecule has 0 bridgehead atoms. The first-order valence-electron chi connectivity index (χ1n) is 1.33. The van der Waals surface area contributed by atoms with E-state index >= 15 is 0 Å². The molecule has 0 fully saturated rings. The Balaban J connectivity index is 3.54. The molecule has 0 aromatic rings. The second kappa shape index (κ2) is 2.00. The minimum atomic E-state index is -4.25. The lowest BCUT2D eigenvalue weighted by Crippen LogP contribution is -2.23. The van der Waals surface area contributed by atoms with Crippen molar-refractivity contribution in [2.75, 3.05) is 0 Å². The van der Waals surface area contributed by atoms with E-state index in [4.69, 9.17) is 5.11 Å². The van der Waals surface area contributed by atoms with Gasteiger partial charge in [-0.25, -0.2) is 4.39 Å². The van der Waals surface area contributed by atoms with Crippen LogP contribution in [0.5, 0.6) is 0 Å². The van der Waals surface area contributed by atoms with Crippen LogP contribution in [0.4, 0.5) is 13.2 Å². The second-order valence-electron chi connectivity index (χ2n) is 0.888. The number of alkyl halides is 4. The molecule has 0 aromatic heterocycles. The molecule has 7 heavy (non-hydrogen) atoms. The van der Waals surface area contributed by atoms with E-state index in [1.807, 2.05) is 15.9 Å². The number of hydrogen-bond acceptors (Lipinski definition) is 1. The number of hydrogen-bond donors (Lipinski definition) is 1. The normalized spacial score (nSPS) is 16.7. The van der Waals surface area contributed by atoms with Crippen LogP contribution in [0.2, 0.25) is 0 Å². The topological polar surface area (TPSA) is 20.2 Å². The zero-order valence-electron chi connectivity index (χ0n) is 3.04. The maximum atomic E-state index is 11.1. The molecule has 1 atom stereocenters. The zero-order chi connectivity index (χ0) is 6.08. The van der Waals surface area contributed by atoms with Crippen molar-refractivity contribution >= 4 is 15.9 Å². The number of aliphatic hydroxyl groups is 1. The third kappa shape index (κ3) is 2.87. The minimum Gasteiger partial charge on any atom is -0.333 e. The van der Waals surface area contributed by atoms with E-state index < -0.39 is 11.2 Å². The van der Waals surface area contributed by atoms with Crippen molar-refractivity contribution < 1.29 is 18.3 Å². The highest BCUT2D eigenvalue weighted by Crippen LogP contribution is 2.21. The highest BCUT2D eigenvalue weighted by Gasteiger charge is 2.34. The first-order valence-corrected chi connectivity index (χ1v) is 2.24. The van der Waals surface area contributed by atoms with Gasteiger partial charge in [-0.2, -0.15) is 8.78 Å². The van der Waals surface area contributed by atoms with E-state index in [1.165, 1.54) is 0 Å². The summed E-state index contributed by atoms with van der Waals surface area (Å²) in [6.07, 6.45) is -4.25. The fraction of sp³-hybridized carbons (Fsp3) is 1.00. The van der Waals surface area contributed by atoms with Gasteiger partial charge >= 0.3 is 6.11 Å². The van der Waals surface area contributed by atoms with Gasteiger partial charge in [0.1, 0.15) is 0 Å². The van der Waals surface area contributed by atoms with Crippen LogP contribution in [-0.2, 0) is 0 Å². The molecule has 1 N–H and O–H groups in total. The van der Waals surface area contributed by atoms with E-state index in [2.05, 4.69) is 0 Å². The Morgan fingerprint density at radius 2 is 1.71 bits per heavy atom. The standard InChI is InChI=1S/C2H2BrF3O/c3-1(4)2(5,6)7/h1,7H. The molecule has 1 unspecified atom stereocenters. The summed E-state index contributed by atoms with van der Waals surface area (Å²) in [4.78, 5) is 0.